The van der Waals surface area contributed by atoms with Gasteiger partial charge in [-0.2, -0.15) is 0 Å². The molecule has 1 aromatic heterocycles. The van der Waals surface area contributed by atoms with Gasteiger partial charge in [0.1, 0.15) is 5.75 Å². The van der Waals surface area contributed by atoms with Crippen molar-refractivity contribution in [1.29, 1.82) is 0 Å². The molecule has 0 atom stereocenters. The van der Waals surface area contributed by atoms with Gasteiger partial charge in [0.2, 0.25) is 0 Å². The Morgan fingerprint density at radius 2 is 2.31 bits per heavy atom. The average Bonchev–Trinajstić information content (AvgIpc) is 2.42. The molecule has 0 aliphatic heterocycles. The molecule has 2 N–H and O–H groups in total. The average molecular weight is 197 g/mol. The smallest absolute Gasteiger partial charge is 0.396 e. The SMILES string of the molecule is COc1cc2oc(=O)sc2cc1N. The van der Waals surface area contributed by atoms with Crippen molar-refractivity contribution in [2.24, 2.45) is 0 Å². The molecule has 0 aliphatic rings. The Morgan fingerprint density at radius 3 is 3.00 bits per heavy atom. The van der Waals surface area contributed by atoms with Crippen LogP contribution in [0.2, 0.25) is 0 Å². The van der Waals surface area contributed by atoms with Gasteiger partial charge < -0.3 is 14.9 Å². The molecule has 0 bridgehead atoms. The normalized spacial score (nSPS) is 10.5. The predicted molar refractivity (Wildman–Crippen MR) is 51.3 cm³/mol. The Bertz CT molecular complexity index is 500. The number of nitrogen functional groups attached to an aromatic ring is 1. The van der Waals surface area contributed by atoms with E-state index in [2.05, 4.69) is 0 Å². The molecule has 2 rings (SSSR count). The van der Waals surface area contributed by atoms with E-state index in [1.807, 2.05) is 0 Å². The molecular formula is C8H7NO3S. The fourth-order valence-electron chi connectivity index (χ4n) is 1.09. The third kappa shape index (κ3) is 1.27. The quantitative estimate of drug-likeness (QED) is 0.702. The maximum atomic E-state index is 10.9. The fraction of sp³-hybridized carbons (Fsp3) is 0.125. The molecule has 0 amide bonds. The minimum Gasteiger partial charge on any atom is -0.494 e. The zero-order valence-corrected chi connectivity index (χ0v) is 7.68. The molecule has 4 nitrogen and oxygen atoms in total. The highest BCUT2D eigenvalue weighted by molar-refractivity contribution is 7.16. The van der Waals surface area contributed by atoms with Gasteiger partial charge in [-0.3, -0.25) is 0 Å². The molecular weight excluding hydrogens is 190 g/mol. The minimum absolute atomic E-state index is 0.331. The lowest BCUT2D eigenvalue weighted by molar-refractivity contribution is 0.416. The number of nitrogens with two attached hydrogens (primary N) is 1. The van der Waals surface area contributed by atoms with Crippen LogP contribution in [0.3, 0.4) is 0 Å². The van der Waals surface area contributed by atoms with Crippen molar-refractivity contribution in [2.75, 3.05) is 12.8 Å². The van der Waals surface area contributed by atoms with Crippen molar-refractivity contribution in [3.05, 3.63) is 21.9 Å². The van der Waals surface area contributed by atoms with E-state index < -0.39 is 0 Å². The van der Waals surface area contributed by atoms with E-state index in [4.69, 9.17) is 14.9 Å². The lowest BCUT2D eigenvalue weighted by Crippen LogP contribution is -1.90. The second-order valence-electron chi connectivity index (χ2n) is 2.50. The van der Waals surface area contributed by atoms with Crippen LogP contribution < -0.4 is 15.4 Å². The molecule has 1 aromatic carbocycles. The van der Waals surface area contributed by atoms with E-state index in [1.54, 1.807) is 12.1 Å². The fourth-order valence-corrected chi connectivity index (χ4v) is 1.79. The van der Waals surface area contributed by atoms with Gasteiger partial charge in [-0.15, -0.1) is 0 Å². The van der Waals surface area contributed by atoms with Crippen LogP contribution in [-0.4, -0.2) is 7.11 Å². The van der Waals surface area contributed by atoms with E-state index in [9.17, 15) is 4.79 Å². The number of rotatable bonds is 1. The van der Waals surface area contributed by atoms with Crippen LogP contribution in [0.15, 0.2) is 21.3 Å². The summed E-state index contributed by atoms with van der Waals surface area (Å²) < 4.78 is 10.6. The summed E-state index contributed by atoms with van der Waals surface area (Å²) in [6, 6.07) is 3.28. The van der Waals surface area contributed by atoms with Gasteiger partial charge in [0.15, 0.2) is 5.58 Å². The highest BCUT2D eigenvalue weighted by Crippen LogP contribution is 2.28. The summed E-state index contributed by atoms with van der Waals surface area (Å²) in [5, 5.41) is 0. The molecule has 0 saturated carbocycles. The van der Waals surface area contributed by atoms with E-state index in [0.717, 1.165) is 16.0 Å². The number of anilines is 1. The van der Waals surface area contributed by atoms with Crippen LogP contribution >= 0.6 is 11.3 Å². The maximum Gasteiger partial charge on any atom is 0.396 e. The van der Waals surface area contributed by atoms with Gasteiger partial charge in [0.25, 0.3) is 0 Å². The van der Waals surface area contributed by atoms with Gasteiger partial charge in [-0.05, 0) is 6.07 Å². The molecule has 2 aromatic rings. The van der Waals surface area contributed by atoms with Crippen molar-refractivity contribution >= 4 is 27.3 Å². The standard InChI is InChI=1S/C8H7NO3S/c1-11-5-3-6-7(2-4(5)9)13-8(10)12-6/h2-3H,9H2,1H3. The highest BCUT2D eigenvalue weighted by atomic mass is 32.1. The lowest BCUT2D eigenvalue weighted by Gasteiger charge is -2.01. The van der Waals surface area contributed by atoms with E-state index in [1.165, 1.54) is 7.11 Å². The third-order valence-corrected chi connectivity index (χ3v) is 2.47. The first kappa shape index (κ1) is 8.12. The van der Waals surface area contributed by atoms with Crippen molar-refractivity contribution in [1.82, 2.24) is 0 Å². The van der Waals surface area contributed by atoms with E-state index in [-0.39, 0.29) is 4.94 Å². The van der Waals surface area contributed by atoms with E-state index in [0.29, 0.717) is 17.0 Å². The lowest BCUT2D eigenvalue weighted by atomic mass is 10.3. The van der Waals surface area contributed by atoms with Crippen LogP contribution in [0.4, 0.5) is 5.69 Å². The number of fused-ring (bicyclic) bond motifs is 1. The molecule has 0 unspecified atom stereocenters. The largest absolute Gasteiger partial charge is 0.494 e. The second-order valence-corrected chi connectivity index (χ2v) is 3.47. The van der Waals surface area contributed by atoms with Crippen LogP contribution in [0.1, 0.15) is 0 Å². The molecule has 0 saturated heterocycles. The van der Waals surface area contributed by atoms with Crippen molar-refractivity contribution in [3.63, 3.8) is 0 Å². The Morgan fingerprint density at radius 1 is 1.54 bits per heavy atom. The monoisotopic (exact) mass is 197 g/mol. The van der Waals surface area contributed by atoms with Crippen LogP contribution in [0, 0.1) is 0 Å². The maximum absolute atomic E-state index is 10.9. The van der Waals surface area contributed by atoms with Crippen LogP contribution in [0.5, 0.6) is 5.75 Å². The van der Waals surface area contributed by atoms with Gasteiger partial charge >= 0.3 is 4.94 Å². The predicted octanol–water partition coefficient (Wildman–Crippen LogP) is 1.45. The van der Waals surface area contributed by atoms with Crippen LogP contribution in [-0.2, 0) is 0 Å². The summed E-state index contributed by atoms with van der Waals surface area (Å²) >= 11 is 1.03. The van der Waals surface area contributed by atoms with Gasteiger partial charge in [0, 0.05) is 6.07 Å². The molecule has 5 heteroatoms. The minimum atomic E-state index is -0.331. The Hall–Kier alpha value is -1.49. The third-order valence-electron chi connectivity index (χ3n) is 1.68. The molecule has 68 valence electrons. The summed E-state index contributed by atoms with van der Waals surface area (Å²) in [6.45, 7) is 0. The van der Waals surface area contributed by atoms with E-state index >= 15 is 0 Å². The summed E-state index contributed by atoms with van der Waals surface area (Å²) in [4.78, 5) is 10.5. The molecule has 1 heterocycles. The number of benzene rings is 1. The first-order chi connectivity index (χ1) is 6.20. The molecule has 13 heavy (non-hydrogen) atoms. The Labute approximate surface area is 77.5 Å². The summed E-state index contributed by atoms with van der Waals surface area (Å²) in [7, 11) is 1.52. The zero-order valence-electron chi connectivity index (χ0n) is 6.87. The van der Waals surface area contributed by atoms with Gasteiger partial charge in [-0.25, -0.2) is 4.79 Å². The number of hydrogen-bond donors (Lipinski definition) is 1. The van der Waals surface area contributed by atoms with Gasteiger partial charge in [0.05, 0.1) is 17.5 Å². The van der Waals surface area contributed by atoms with Gasteiger partial charge in [-0.1, -0.05) is 11.3 Å². The number of hydrogen-bond acceptors (Lipinski definition) is 5. The number of methoxy groups -OCH3 is 1. The second kappa shape index (κ2) is 2.77. The summed E-state index contributed by atoms with van der Waals surface area (Å²) in [5.41, 5.74) is 6.67. The van der Waals surface area contributed by atoms with Crippen molar-refractivity contribution < 1.29 is 9.15 Å². The molecule has 0 aliphatic carbocycles. The highest BCUT2D eigenvalue weighted by Gasteiger charge is 2.06. The van der Waals surface area contributed by atoms with Crippen molar-refractivity contribution in [2.45, 2.75) is 0 Å². The number of ether oxygens (including phenoxy) is 1. The molecule has 0 fully saturated rings. The van der Waals surface area contributed by atoms with Crippen molar-refractivity contribution in [3.8, 4) is 5.75 Å². The first-order valence-corrected chi connectivity index (χ1v) is 4.39. The Balaban J connectivity index is 2.80. The topological polar surface area (TPSA) is 65.5 Å². The molecule has 0 spiro atoms. The summed E-state index contributed by atoms with van der Waals surface area (Å²) in [5.74, 6) is 0.522. The zero-order chi connectivity index (χ0) is 9.42. The van der Waals surface area contributed by atoms with Crippen LogP contribution in [0.25, 0.3) is 10.3 Å². The first-order valence-electron chi connectivity index (χ1n) is 3.58. The Kier molecular flexibility index (Phi) is 1.73. The summed E-state index contributed by atoms with van der Waals surface area (Å²) in [6.07, 6.45) is 0. The molecule has 0 radical (unpaired) electrons.